The van der Waals surface area contributed by atoms with E-state index >= 15 is 0 Å². The van der Waals surface area contributed by atoms with Gasteiger partial charge in [0.25, 0.3) is 5.91 Å². The second kappa shape index (κ2) is 8.22. The lowest BCUT2D eigenvalue weighted by molar-refractivity contribution is 0.0305. The molecule has 1 aliphatic heterocycles. The van der Waals surface area contributed by atoms with Crippen molar-refractivity contribution in [3.05, 3.63) is 47.1 Å². The van der Waals surface area contributed by atoms with Gasteiger partial charge in [0.2, 0.25) is 0 Å². The first-order valence-corrected chi connectivity index (χ1v) is 8.66. The van der Waals surface area contributed by atoms with Crippen LogP contribution in [0.3, 0.4) is 0 Å². The van der Waals surface area contributed by atoms with Crippen molar-refractivity contribution >= 4 is 5.91 Å². The molecular weight excluding hydrogens is 320 g/mol. The molecule has 7 nitrogen and oxygen atoms in total. The number of amides is 1. The summed E-state index contributed by atoms with van der Waals surface area (Å²) in [4.78, 5) is 19.2. The Morgan fingerprint density at radius 1 is 1.36 bits per heavy atom. The Morgan fingerprint density at radius 3 is 2.88 bits per heavy atom. The quantitative estimate of drug-likeness (QED) is 0.864. The van der Waals surface area contributed by atoms with Crippen LogP contribution in [0.2, 0.25) is 0 Å². The van der Waals surface area contributed by atoms with Gasteiger partial charge in [-0.2, -0.15) is 0 Å². The number of rotatable bonds is 6. The molecule has 0 saturated carbocycles. The van der Waals surface area contributed by atoms with Crippen LogP contribution in [-0.2, 0) is 11.3 Å². The van der Waals surface area contributed by atoms with E-state index in [1.165, 1.54) is 0 Å². The van der Waals surface area contributed by atoms with Gasteiger partial charge in [-0.3, -0.25) is 14.7 Å². The van der Waals surface area contributed by atoms with E-state index in [0.717, 1.165) is 44.1 Å². The molecule has 1 aliphatic rings. The van der Waals surface area contributed by atoms with Crippen LogP contribution in [0.5, 0.6) is 0 Å². The summed E-state index contributed by atoms with van der Waals surface area (Å²) in [6.45, 7) is 7.76. The second-order valence-electron chi connectivity index (χ2n) is 6.21. The molecule has 7 heteroatoms. The third-order valence-electron chi connectivity index (χ3n) is 4.26. The lowest BCUT2D eigenvalue weighted by Gasteiger charge is -2.25. The van der Waals surface area contributed by atoms with Crippen molar-refractivity contribution in [2.24, 2.45) is 0 Å². The van der Waals surface area contributed by atoms with Crippen molar-refractivity contribution in [3.8, 4) is 0 Å². The molecule has 134 valence electrons. The highest BCUT2D eigenvalue weighted by Gasteiger charge is 2.20. The number of pyridine rings is 1. The van der Waals surface area contributed by atoms with Gasteiger partial charge >= 0.3 is 0 Å². The summed E-state index contributed by atoms with van der Waals surface area (Å²) in [6.07, 6.45) is 0.751. The number of nitrogens with zero attached hydrogens (tertiary/aromatic N) is 3. The minimum absolute atomic E-state index is 0.146. The van der Waals surface area contributed by atoms with Gasteiger partial charge in [-0.05, 0) is 25.5 Å². The predicted molar refractivity (Wildman–Crippen MR) is 92.1 cm³/mol. The highest BCUT2D eigenvalue weighted by molar-refractivity contribution is 5.92. The summed E-state index contributed by atoms with van der Waals surface area (Å²) in [5, 5.41) is 6.90. The molecule has 0 spiro atoms. The molecule has 0 unspecified atom stereocenters. The number of carbonyl (C=O) groups excluding carboxylic acids is 1. The predicted octanol–water partition coefficient (Wildman–Crippen LogP) is 2.09. The molecule has 0 radical (unpaired) electrons. The van der Waals surface area contributed by atoms with Crippen molar-refractivity contribution in [2.75, 3.05) is 26.3 Å². The molecule has 1 fully saturated rings. The maximum Gasteiger partial charge on any atom is 0.274 e. The Bertz CT molecular complexity index is 710. The van der Waals surface area contributed by atoms with Gasteiger partial charge in [0, 0.05) is 24.8 Å². The zero-order chi connectivity index (χ0) is 17.6. The van der Waals surface area contributed by atoms with Gasteiger partial charge in [0.15, 0.2) is 11.5 Å². The van der Waals surface area contributed by atoms with Crippen LogP contribution >= 0.6 is 0 Å². The standard InChI is InChI=1S/C18H24N4O3/c1-3-15(16-6-4-5-13(2)19-16)20-18(23)17-11-14(25-21-17)12-22-7-9-24-10-8-22/h4-6,11,15H,3,7-10,12H2,1-2H3,(H,20,23)/t15-/m1/s1. The normalized spacial score (nSPS) is 16.6. The van der Waals surface area contributed by atoms with Crippen LogP contribution < -0.4 is 5.32 Å². The maximum atomic E-state index is 12.5. The maximum absolute atomic E-state index is 12.5. The minimum Gasteiger partial charge on any atom is -0.379 e. The topological polar surface area (TPSA) is 80.5 Å². The molecule has 0 aromatic carbocycles. The molecule has 2 aromatic heterocycles. The number of hydrogen-bond donors (Lipinski definition) is 1. The zero-order valence-corrected chi connectivity index (χ0v) is 14.7. The van der Waals surface area contributed by atoms with Gasteiger partial charge in [-0.15, -0.1) is 0 Å². The fourth-order valence-corrected chi connectivity index (χ4v) is 2.85. The van der Waals surface area contributed by atoms with E-state index in [-0.39, 0.29) is 11.9 Å². The Labute approximate surface area is 147 Å². The molecule has 0 aliphatic carbocycles. The van der Waals surface area contributed by atoms with Gasteiger partial charge in [-0.1, -0.05) is 18.1 Å². The van der Waals surface area contributed by atoms with Gasteiger partial charge < -0.3 is 14.6 Å². The highest BCUT2D eigenvalue weighted by atomic mass is 16.5. The summed E-state index contributed by atoms with van der Waals surface area (Å²) >= 11 is 0. The van der Waals surface area contributed by atoms with Crippen molar-refractivity contribution in [1.82, 2.24) is 20.4 Å². The SMILES string of the molecule is CC[C@@H](NC(=O)c1cc(CN2CCOCC2)on1)c1cccc(C)n1. The molecule has 0 bridgehead atoms. The van der Waals surface area contributed by atoms with E-state index in [4.69, 9.17) is 9.26 Å². The lowest BCUT2D eigenvalue weighted by Crippen LogP contribution is -2.35. The van der Waals surface area contributed by atoms with Crippen molar-refractivity contribution in [2.45, 2.75) is 32.9 Å². The van der Waals surface area contributed by atoms with E-state index < -0.39 is 0 Å². The Kier molecular flexibility index (Phi) is 5.78. The molecule has 3 heterocycles. The molecule has 1 saturated heterocycles. The smallest absolute Gasteiger partial charge is 0.274 e. The summed E-state index contributed by atoms with van der Waals surface area (Å²) in [7, 11) is 0. The zero-order valence-electron chi connectivity index (χ0n) is 14.7. The Balaban J connectivity index is 1.62. The fraction of sp³-hybridized carbons (Fsp3) is 0.500. The van der Waals surface area contributed by atoms with Crippen LogP contribution in [0.15, 0.2) is 28.8 Å². The highest BCUT2D eigenvalue weighted by Crippen LogP contribution is 2.16. The average molecular weight is 344 g/mol. The van der Waals surface area contributed by atoms with Crippen LogP contribution in [0.1, 0.15) is 47.0 Å². The molecule has 1 N–H and O–H groups in total. The van der Waals surface area contributed by atoms with Crippen LogP contribution in [0, 0.1) is 6.92 Å². The average Bonchev–Trinajstić information content (AvgIpc) is 3.09. The first-order chi connectivity index (χ1) is 12.2. The minimum atomic E-state index is -0.243. The first-order valence-electron chi connectivity index (χ1n) is 8.66. The largest absolute Gasteiger partial charge is 0.379 e. The van der Waals surface area contributed by atoms with Gasteiger partial charge in [-0.25, -0.2) is 0 Å². The number of nitrogens with one attached hydrogen (secondary N) is 1. The fourth-order valence-electron chi connectivity index (χ4n) is 2.85. The van der Waals surface area contributed by atoms with E-state index in [2.05, 4.69) is 20.4 Å². The number of carbonyl (C=O) groups is 1. The van der Waals surface area contributed by atoms with Crippen LogP contribution in [0.25, 0.3) is 0 Å². The van der Waals surface area contributed by atoms with Crippen molar-refractivity contribution in [1.29, 1.82) is 0 Å². The molecule has 2 aromatic rings. The van der Waals surface area contributed by atoms with Crippen LogP contribution in [-0.4, -0.2) is 47.3 Å². The number of hydrogen-bond acceptors (Lipinski definition) is 6. The Hall–Kier alpha value is -2.25. The van der Waals surface area contributed by atoms with E-state index in [1.54, 1.807) is 6.07 Å². The molecule has 1 atom stereocenters. The van der Waals surface area contributed by atoms with Crippen molar-refractivity contribution in [3.63, 3.8) is 0 Å². The third-order valence-corrected chi connectivity index (χ3v) is 4.26. The van der Waals surface area contributed by atoms with Gasteiger partial charge in [0.1, 0.15) is 0 Å². The summed E-state index contributed by atoms with van der Waals surface area (Å²) in [5.74, 6) is 0.445. The van der Waals surface area contributed by atoms with E-state index in [9.17, 15) is 4.79 Å². The summed E-state index contributed by atoms with van der Waals surface area (Å²) < 4.78 is 10.6. The number of morpholine rings is 1. The molecule has 1 amide bonds. The molecular formula is C18H24N4O3. The third kappa shape index (κ3) is 4.64. The summed E-state index contributed by atoms with van der Waals surface area (Å²) in [5.41, 5.74) is 2.08. The van der Waals surface area contributed by atoms with Crippen LogP contribution in [0.4, 0.5) is 0 Å². The molecule has 25 heavy (non-hydrogen) atoms. The van der Waals surface area contributed by atoms with Gasteiger partial charge in [0.05, 0.1) is 31.5 Å². The number of ether oxygens (including phenoxy) is 1. The first kappa shape index (κ1) is 17.6. The second-order valence-corrected chi connectivity index (χ2v) is 6.21. The Morgan fingerprint density at radius 2 is 2.16 bits per heavy atom. The monoisotopic (exact) mass is 344 g/mol. The molecule has 3 rings (SSSR count). The summed E-state index contributed by atoms with van der Waals surface area (Å²) in [6, 6.07) is 7.37. The van der Waals surface area contributed by atoms with Crippen molar-refractivity contribution < 1.29 is 14.1 Å². The lowest BCUT2D eigenvalue weighted by atomic mass is 10.1. The number of aromatic nitrogens is 2. The van der Waals surface area contributed by atoms with E-state index in [0.29, 0.717) is 18.0 Å². The van der Waals surface area contributed by atoms with E-state index in [1.807, 2.05) is 32.0 Å². The number of aryl methyl sites for hydroxylation is 1.